The summed E-state index contributed by atoms with van der Waals surface area (Å²) in [5, 5.41) is 9.20. The lowest BCUT2D eigenvalue weighted by molar-refractivity contribution is 0.282. The SMILES string of the molecule is COc1ccccc1-c1cc(CO)ccc1C. The summed E-state index contributed by atoms with van der Waals surface area (Å²) in [6.07, 6.45) is 0. The van der Waals surface area contributed by atoms with Crippen LogP contribution in [0.3, 0.4) is 0 Å². The molecular weight excluding hydrogens is 212 g/mol. The average Bonchev–Trinajstić information content (AvgIpc) is 2.39. The minimum absolute atomic E-state index is 0.0580. The minimum atomic E-state index is 0.0580. The van der Waals surface area contributed by atoms with Gasteiger partial charge in [0.25, 0.3) is 0 Å². The first-order valence-electron chi connectivity index (χ1n) is 5.60. The van der Waals surface area contributed by atoms with E-state index in [4.69, 9.17) is 4.74 Å². The smallest absolute Gasteiger partial charge is 0.126 e. The molecule has 2 heteroatoms. The van der Waals surface area contributed by atoms with Crippen molar-refractivity contribution in [2.45, 2.75) is 13.5 Å². The standard InChI is InChI=1S/C15H16O2/c1-11-7-8-12(10-16)9-14(11)13-5-3-4-6-15(13)17-2/h3-9,16H,10H2,1-2H3. The van der Waals surface area contributed by atoms with Crippen LogP contribution in [-0.4, -0.2) is 12.2 Å². The average molecular weight is 228 g/mol. The lowest BCUT2D eigenvalue weighted by Gasteiger charge is -2.12. The molecule has 0 aliphatic rings. The Bertz CT molecular complexity index is 518. The molecule has 0 unspecified atom stereocenters. The highest BCUT2D eigenvalue weighted by molar-refractivity contribution is 5.73. The number of methoxy groups -OCH3 is 1. The molecule has 88 valence electrons. The van der Waals surface area contributed by atoms with Crippen molar-refractivity contribution >= 4 is 0 Å². The summed E-state index contributed by atoms with van der Waals surface area (Å²) >= 11 is 0. The second-order valence-corrected chi connectivity index (χ2v) is 4.01. The van der Waals surface area contributed by atoms with Gasteiger partial charge < -0.3 is 9.84 Å². The third kappa shape index (κ3) is 2.32. The van der Waals surface area contributed by atoms with Crippen LogP contribution >= 0.6 is 0 Å². The molecule has 0 aliphatic carbocycles. The summed E-state index contributed by atoms with van der Waals surface area (Å²) in [6, 6.07) is 13.9. The molecule has 1 N–H and O–H groups in total. The molecule has 0 radical (unpaired) electrons. The van der Waals surface area contributed by atoms with Gasteiger partial charge in [0.15, 0.2) is 0 Å². The Kier molecular flexibility index (Phi) is 3.45. The van der Waals surface area contributed by atoms with E-state index in [0.717, 1.165) is 22.4 Å². The van der Waals surface area contributed by atoms with Crippen molar-refractivity contribution in [1.29, 1.82) is 0 Å². The molecule has 0 saturated carbocycles. The van der Waals surface area contributed by atoms with Crippen LogP contribution in [0.25, 0.3) is 11.1 Å². The van der Waals surface area contributed by atoms with Crippen molar-refractivity contribution < 1.29 is 9.84 Å². The molecule has 2 nitrogen and oxygen atoms in total. The van der Waals surface area contributed by atoms with Gasteiger partial charge in [0.1, 0.15) is 5.75 Å². The molecule has 0 aromatic heterocycles. The van der Waals surface area contributed by atoms with Crippen LogP contribution in [-0.2, 0) is 6.61 Å². The van der Waals surface area contributed by atoms with Gasteiger partial charge >= 0.3 is 0 Å². The number of hydrogen-bond donors (Lipinski definition) is 1. The highest BCUT2D eigenvalue weighted by atomic mass is 16.5. The third-order valence-corrected chi connectivity index (χ3v) is 2.88. The van der Waals surface area contributed by atoms with Crippen molar-refractivity contribution in [1.82, 2.24) is 0 Å². The quantitative estimate of drug-likeness (QED) is 0.874. The molecule has 0 bridgehead atoms. The molecule has 0 saturated heterocycles. The fourth-order valence-corrected chi connectivity index (χ4v) is 1.92. The van der Waals surface area contributed by atoms with E-state index in [9.17, 15) is 5.11 Å². The van der Waals surface area contributed by atoms with Crippen molar-refractivity contribution in [3.05, 3.63) is 53.6 Å². The maximum absolute atomic E-state index is 9.20. The van der Waals surface area contributed by atoms with Crippen LogP contribution in [0.4, 0.5) is 0 Å². The van der Waals surface area contributed by atoms with Gasteiger partial charge in [0.2, 0.25) is 0 Å². The summed E-state index contributed by atoms with van der Waals surface area (Å²) in [5.74, 6) is 0.852. The first-order valence-corrected chi connectivity index (χ1v) is 5.60. The Balaban J connectivity index is 2.59. The first-order chi connectivity index (χ1) is 8.26. The Hall–Kier alpha value is -1.80. The molecule has 2 aromatic rings. The maximum atomic E-state index is 9.20. The number of para-hydroxylation sites is 1. The van der Waals surface area contributed by atoms with Crippen LogP contribution in [0, 0.1) is 6.92 Å². The maximum Gasteiger partial charge on any atom is 0.126 e. The predicted molar refractivity (Wildman–Crippen MR) is 69.1 cm³/mol. The molecule has 0 heterocycles. The summed E-state index contributed by atoms with van der Waals surface area (Å²) in [6.45, 7) is 2.12. The van der Waals surface area contributed by atoms with Gasteiger partial charge in [-0.25, -0.2) is 0 Å². The Morgan fingerprint density at radius 3 is 2.53 bits per heavy atom. The summed E-state index contributed by atoms with van der Waals surface area (Å²) < 4.78 is 5.37. The Morgan fingerprint density at radius 1 is 1.06 bits per heavy atom. The van der Waals surface area contributed by atoms with Crippen molar-refractivity contribution in [3.63, 3.8) is 0 Å². The zero-order valence-corrected chi connectivity index (χ0v) is 10.1. The normalized spacial score (nSPS) is 10.3. The van der Waals surface area contributed by atoms with E-state index < -0.39 is 0 Å². The van der Waals surface area contributed by atoms with Gasteiger partial charge in [0, 0.05) is 5.56 Å². The van der Waals surface area contributed by atoms with Crippen molar-refractivity contribution in [2.24, 2.45) is 0 Å². The zero-order valence-electron chi connectivity index (χ0n) is 10.1. The molecule has 0 atom stereocenters. The van der Waals surface area contributed by atoms with Crippen LogP contribution in [0.2, 0.25) is 0 Å². The number of ether oxygens (including phenoxy) is 1. The molecule has 17 heavy (non-hydrogen) atoms. The van der Waals surface area contributed by atoms with Crippen LogP contribution in [0.5, 0.6) is 5.75 Å². The Labute approximate surface area is 101 Å². The van der Waals surface area contributed by atoms with E-state index in [1.807, 2.05) is 42.5 Å². The molecule has 0 amide bonds. The molecule has 2 rings (SSSR count). The van der Waals surface area contributed by atoms with Crippen LogP contribution in [0.1, 0.15) is 11.1 Å². The van der Waals surface area contributed by atoms with Gasteiger partial charge in [-0.05, 0) is 35.7 Å². The lowest BCUT2D eigenvalue weighted by Crippen LogP contribution is -1.92. The number of aliphatic hydroxyl groups excluding tert-OH is 1. The van der Waals surface area contributed by atoms with E-state index >= 15 is 0 Å². The monoisotopic (exact) mass is 228 g/mol. The number of aryl methyl sites for hydroxylation is 1. The molecular formula is C15H16O2. The van der Waals surface area contributed by atoms with Gasteiger partial charge in [-0.3, -0.25) is 0 Å². The predicted octanol–water partition coefficient (Wildman–Crippen LogP) is 3.16. The fourth-order valence-electron chi connectivity index (χ4n) is 1.92. The second-order valence-electron chi connectivity index (χ2n) is 4.01. The topological polar surface area (TPSA) is 29.5 Å². The molecule has 0 spiro atoms. The number of benzene rings is 2. The number of aliphatic hydroxyl groups is 1. The molecule has 2 aromatic carbocycles. The lowest BCUT2D eigenvalue weighted by atomic mass is 9.97. The van der Waals surface area contributed by atoms with Gasteiger partial charge in [-0.1, -0.05) is 30.3 Å². The molecule has 0 fully saturated rings. The largest absolute Gasteiger partial charge is 0.496 e. The van der Waals surface area contributed by atoms with E-state index in [2.05, 4.69) is 6.92 Å². The van der Waals surface area contributed by atoms with Crippen molar-refractivity contribution in [2.75, 3.05) is 7.11 Å². The minimum Gasteiger partial charge on any atom is -0.496 e. The van der Waals surface area contributed by atoms with Crippen LogP contribution in [0.15, 0.2) is 42.5 Å². The third-order valence-electron chi connectivity index (χ3n) is 2.88. The highest BCUT2D eigenvalue weighted by Gasteiger charge is 2.08. The molecule has 0 aliphatic heterocycles. The van der Waals surface area contributed by atoms with E-state index in [1.54, 1.807) is 7.11 Å². The van der Waals surface area contributed by atoms with Crippen molar-refractivity contribution in [3.8, 4) is 16.9 Å². The summed E-state index contributed by atoms with van der Waals surface area (Å²) in [5.41, 5.74) is 4.25. The van der Waals surface area contributed by atoms with Crippen LogP contribution < -0.4 is 4.74 Å². The van der Waals surface area contributed by atoms with Gasteiger partial charge in [0.05, 0.1) is 13.7 Å². The Morgan fingerprint density at radius 2 is 1.82 bits per heavy atom. The number of rotatable bonds is 3. The van der Waals surface area contributed by atoms with Gasteiger partial charge in [-0.15, -0.1) is 0 Å². The highest BCUT2D eigenvalue weighted by Crippen LogP contribution is 2.32. The van der Waals surface area contributed by atoms with E-state index in [1.165, 1.54) is 5.56 Å². The summed E-state index contributed by atoms with van der Waals surface area (Å²) in [4.78, 5) is 0. The van der Waals surface area contributed by atoms with E-state index in [0.29, 0.717) is 0 Å². The number of hydrogen-bond acceptors (Lipinski definition) is 2. The summed E-state index contributed by atoms with van der Waals surface area (Å²) in [7, 11) is 1.67. The second kappa shape index (κ2) is 5.02. The zero-order chi connectivity index (χ0) is 12.3. The fraction of sp³-hybridized carbons (Fsp3) is 0.200. The van der Waals surface area contributed by atoms with Gasteiger partial charge in [-0.2, -0.15) is 0 Å². The first kappa shape index (κ1) is 11.7. The van der Waals surface area contributed by atoms with E-state index in [-0.39, 0.29) is 6.61 Å².